The molecule has 25 heavy (non-hydrogen) atoms. The van der Waals surface area contributed by atoms with Gasteiger partial charge in [0.25, 0.3) is 5.69 Å². The van der Waals surface area contributed by atoms with Crippen LogP contribution in [-0.2, 0) is 4.79 Å². The van der Waals surface area contributed by atoms with E-state index >= 15 is 0 Å². The van der Waals surface area contributed by atoms with E-state index in [1.807, 2.05) is 0 Å². The van der Waals surface area contributed by atoms with E-state index in [1.54, 1.807) is 0 Å². The molecular weight excluding hydrogens is 332 g/mol. The Morgan fingerprint density at radius 2 is 2.24 bits per heavy atom. The molecule has 1 amide bonds. The Balaban J connectivity index is 2.82. The molecule has 10 heteroatoms. The Bertz CT molecular complexity index is 658. The minimum Gasteiger partial charge on any atom is -0.493 e. The summed E-state index contributed by atoms with van der Waals surface area (Å²) in [4.78, 5) is 24.8. The van der Waals surface area contributed by atoms with Crippen LogP contribution in [0.2, 0.25) is 0 Å². The van der Waals surface area contributed by atoms with Crippen molar-refractivity contribution in [3.8, 4) is 11.5 Å². The van der Waals surface area contributed by atoms with Gasteiger partial charge in [0.15, 0.2) is 11.5 Å². The zero-order chi connectivity index (χ0) is 18.8. The molecule has 0 aliphatic carbocycles. The van der Waals surface area contributed by atoms with Gasteiger partial charge in [-0.2, -0.15) is 0 Å². The third kappa shape index (κ3) is 5.91. The lowest BCUT2D eigenvalue weighted by Crippen LogP contribution is -2.29. The lowest BCUT2D eigenvalue weighted by atomic mass is 10.1. The van der Waals surface area contributed by atoms with Crippen LogP contribution >= 0.6 is 0 Å². The van der Waals surface area contributed by atoms with E-state index < -0.39 is 16.8 Å². The van der Waals surface area contributed by atoms with Gasteiger partial charge in [-0.05, 0) is 6.42 Å². The van der Waals surface area contributed by atoms with Crippen molar-refractivity contribution in [2.75, 3.05) is 26.8 Å². The second-order valence-corrected chi connectivity index (χ2v) is 4.91. The molecule has 0 saturated heterocycles. The Labute approximate surface area is 144 Å². The van der Waals surface area contributed by atoms with Crippen LogP contribution < -0.4 is 20.5 Å². The molecule has 1 rings (SSSR count). The number of hydrogen-bond donors (Lipinski definition) is 3. The summed E-state index contributed by atoms with van der Waals surface area (Å²) in [5.74, 6) is 0.0795. The van der Waals surface area contributed by atoms with Crippen LogP contribution in [0.15, 0.2) is 12.1 Å². The van der Waals surface area contributed by atoms with Crippen LogP contribution in [0.3, 0.4) is 0 Å². The summed E-state index contributed by atoms with van der Waals surface area (Å²) >= 11 is 0. The molecule has 0 aliphatic rings. The van der Waals surface area contributed by atoms with Crippen molar-refractivity contribution in [3.05, 3.63) is 39.2 Å². The molecule has 4 N–H and O–H groups in total. The number of rotatable bonds is 10. The first kappa shape index (κ1) is 20.1. The van der Waals surface area contributed by atoms with Crippen LogP contribution in [0.4, 0.5) is 5.69 Å². The zero-order valence-corrected chi connectivity index (χ0v) is 13.7. The van der Waals surface area contributed by atoms with Gasteiger partial charge in [0.1, 0.15) is 5.56 Å². The number of nitro groups is 1. The number of nitrogens with zero attached hydrogens (tertiary/aromatic N) is 2. The van der Waals surface area contributed by atoms with E-state index in [0.717, 1.165) is 6.07 Å². The summed E-state index contributed by atoms with van der Waals surface area (Å²) in [6, 6.07) is 2.29. The van der Waals surface area contributed by atoms with Gasteiger partial charge in [-0.1, -0.05) is 0 Å². The van der Waals surface area contributed by atoms with Crippen LogP contribution in [0.25, 0.3) is 4.85 Å². The lowest BCUT2D eigenvalue weighted by Gasteiger charge is -2.12. The van der Waals surface area contributed by atoms with Gasteiger partial charge < -0.3 is 25.6 Å². The van der Waals surface area contributed by atoms with Crippen molar-refractivity contribution in [1.82, 2.24) is 5.32 Å². The fourth-order valence-electron chi connectivity index (χ4n) is 1.99. The minimum atomic E-state index is -1.67. The van der Waals surface area contributed by atoms with Crippen molar-refractivity contribution < 1.29 is 24.3 Å². The number of ether oxygens (including phenoxy) is 2. The quantitative estimate of drug-likeness (QED) is 0.244. The van der Waals surface area contributed by atoms with E-state index in [4.69, 9.17) is 21.8 Å². The van der Waals surface area contributed by atoms with Gasteiger partial charge >= 0.3 is 6.23 Å². The van der Waals surface area contributed by atoms with Gasteiger partial charge in [-0.3, -0.25) is 19.8 Å². The summed E-state index contributed by atoms with van der Waals surface area (Å²) in [5.41, 5.74) is 4.66. The smallest absolute Gasteiger partial charge is 0.359 e. The number of nitrogens with two attached hydrogens (primary N) is 1. The first-order valence-electron chi connectivity index (χ1n) is 7.45. The summed E-state index contributed by atoms with van der Waals surface area (Å²) in [6.45, 7) is 7.70. The molecule has 1 aromatic carbocycles. The molecule has 0 heterocycles. The third-order valence-electron chi connectivity index (χ3n) is 3.18. The van der Waals surface area contributed by atoms with E-state index in [9.17, 15) is 20.0 Å². The highest BCUT2D eigenvalue weighted by atomic mass is 16.6. The number of benzene rings is 1. The predicted molar refractivity (Wildman–Crippen MR) is 88.0 cm³/mol. The molecule has 0 aromatic heterocycles. The summed E-state index contributed by atoms with van der Waals surface area (Å²) in [6.07, 6.45) is -1.06. The molecule has 136 valence electrons. The van der Waals surface area contributed by atoms with Crippen LogP contribution in [-0.4, -0.2) is 42.7 Å². The summed E-state index contributed by atoms with van der Waals surface area (Å²) in [7, 11) is 1.34. The Morgan fingerprint density at radius 3 is 2.80 bits per heavy atom. The maximum absolute atomic E-state index is 11.4. The molecule has 10 nitrogen and oxygen atoms in total. The second kappa shape index (κ2) is 10.1. The van der Waals surface area contributed by atoms with Crippen molar-refractivity contribution in [3.63, 3.8) is 0 Å². The molecule has 0 saturated carbocycles. The maximum Gasteiger partial charge on any atom is 0.359 e. The number of carbonyl (C=O) groups excluding carboxylic acids is 1. The minimum absolute atomic E-state index is 0.0949. The van der Waals surface area contributed by atoms with E-state index in [2.05, 4.69) is 10.2 Å². The number of carbonyl (C=O) groups is 1. The van der Waals surface area contributed by atoms with Gasteiger partial charge in [-0.15, -0.1) is 0 Å². The zero-order valence-electron chi connectivity index (χ0n) is 13.7. The number of nitrogens with one attached hydrogen (secondary N) is 1. The molecular formula is C15H20N4O6. The normalized spacial score (nSPS) is 11.3. The molecule has 1 unspecified atom stereocenters. The number of methoxy groups -OCH3 is 1. The number of hydrogen-bond acceptors (Lipinski definition) is 7. The predicted octanol–water partition coefficient (Wildman–Crippen LogP) is 0.747. The number of aliphatic hydroxyl groups excluding tert-OH is 1. The third-order valence-corrected chi connectivity index (χ3v) is 3.18. The van der Waals surface area contributed by atoms with E-state index in [0.29, 0.717) is 19.5 Å². The lowest BCUT2D eigenvalue weighted by molar-refractivity contribution is -0.386. The first-order chi connectivity index (χ1) is 11.9. The van der Waals surface area contributed by atoms with Crippen LogP contribution in [0.5, 0.6) is 11.5 Å². The molecule has 0 radical (unpaired) electrons. The molecule has 0 bridgehead atoms. The molecule has 1 aromatic rings. The van der Waals surface area contributed by atoms with Crippen LogP contribution in [0.1, 0.15) is 24.6 Å². The fraction of sp³-hybridized carbons (Fsp3) is 0.467. The van der Waals surface area contributed by atoms with E-state index in [-0.39, 0.29) is 36.0 Å². The van der Waals surface area contributed by atoms with Gasteiger partial charge in [0.05, 0.1) is 24.7 Å². The number of aliphatic hydroxyl groups is 1. The standard InChI is InChI=1S/C15H20N4O6/c1-17-15(21)10-8-12(24-2)13(9-11(10)19(22)23)25-7-3-4-14(20)18-6-5-16/h8-9,15,21H,3-7,16H2,2H3,(H,18,20). The van der Waals surface area contributed by atoms with Crippen LogP contribution in [0, 0.1) is 16.7 Å². The largest absolute Gasteiger partial charge is 0.493 e. The highest BCUT2D eigenvalue weighted by Crippen LogP contribution is 2.37. The highest BCUT2D eigenvalue weighted by Gasteiger charge is 2.28. The van der Waals surface area contributed by atoms with Crippen molar-refractivity contribution in [2.45, 2.75) is 19.1 Å². The first-order valence-corrected chi connectivity index (χ1v) is 7.45. The van der Waals surface area contributed by atoms with Gasteiger partial charge in [-0.25, -0.2) is 6.57 Å². The van der Waals surface area contributed by atoms with Crippen molar-refractivity contribution >= 4 is 11.6 Å². The highest BCUT2D eigenvalue weighted by molar-refractivity contribution is 5.75. The van der Waals surface area contributed by atoms with Gasteiger partial charge in [0, 0.05) is 25.6 Å². The topological polar surface area (TPSA) is 141 Å². The SMILES string of the molecule is [C-]#[N+]C(O)c1cc(OC)c(OCCCC(=O)NCCN)cc1[N+](=O)[O-]. The average Bonchev–Trinajstić information content (AvgIpc) is 2.61. The Kier molecular flexibility index (Phi) is 8.11. The summed E-state index contributed by atoms with van der Waals surface area (Å²) < 4.78 is 10.5. The number of amides is 1. The maximum atomic E-state index is 11.4. The Hall–Kier alpha value is -2.90. The summed E-state index contributed by atoms with van der Waals surface area (Å²) in [5, 5.41) is 23.4. The Morgan fingerprint density at radius 1 is 1.52 bits per heavy atom. The van der Waals surface area contributed by atoms with Crippen molar-refractivity contribution in [1.29, 1.82) is 0 Å². The molecule has 0 aliphatic heterocycles. The second-order valence-electron chi connectivity index (χ2n) is 4.91. The average molecular weight is 352 g/mol. The molecule has 0 fully saturated rings. The fourth-order valence-corrected chi connectivity index (χ4v) is 1.99. The van der Waals surface area contributed by atoms with Crippen molar-refractivity contribution in [2.24, 2.45) is 5.73 Å². The van der Waals surface area contributed by atoms with E-state index in [1.165, 1.54) is 13.2 Å². The molecule has 0 spiro atoms. The molecule has 1 atom stereocenters. The van der Waals surface area contributed by atoms with Gasteiger partial charge in [0.2, 0.25) is 5.91 Å². The monoisotopic (exact) mass is 352 g/mol. The number of nitro benzene ring substituents is 1.